The number of carbonyl (C=O) groups is 1. The molecule has 5 atom stereocenters. The van der Waals surface area contributed by atoms with Crippen LogP contribution in [0, 0.1) is 0 Å². The van der Waals surface area contributed by atoms with E-state index in [1.54, 1.807) is 0 Å². The van der Waals surface area contributed by atoms with E-state index in [0.29, 0.717) is 6.61 Å². The zero-order valence-corrected chi connectivity index (χ0v) is 7.14. The lowest BCUT2D eigenvalue weighted by atomic mass is 10.1. The van der Waals surface area contributed by atoms with E-state index in [4.69, 9.17) is 18.9 Å². The molecule has 0 radical (unpaired) electrons. The molecule has 3 rings (SSSR count). The van der Waals surface area contributed by atoms with Crippen LogP contribution in [0.1, 0.15) is 6.92 Å². The van der Waals surface area contributed by atoms with E-state index >= 15 is 0 Å². The van der Waals surface area contributed by atoms with Gasteiger partial charge in [-0.05, 0) is 0 Å². The van der Waals surface area contributed by atoms with Gasteiger partial charge in [0.25, 0.3) is 0 Å². The van der Waals surface area contributed by atoms with Crippen molar-refractivity contribution in [2.24, 2.45) is 0 Å². The number of hydrogen-bond donors (Lipinski definition) is 0. The molecule has 2 bridgehead atoms. The third-order valence-corrected chi connectivity index (χ3v) is 2.56. The van der Waals surface area contributed by atoms with Crippen molar-refractivity contribution < 1.29 is 23.7 Å². The summed E-state index contributed by atoms with van der Waals surface area (Å²) in [6.07, 6.45) is -0.682. The van der Waals surface area contributed by atoms with Gasteiger partial charge in [-0.15, -0.1) is 0 Å². The van der Waals surface area contributed by atoms with Gasteiger partial charge in [-0.2, -0.15) is 0 Å². The number of rotatable bonds is 1. The first kappa shape index (κ1) is 7.73. The highest BCUT2D eigenvalue weighted by molar-refractivity contribution is 5.66. The molecule has 0 spiro atoms. The van der Waals surface area contributed by atoms with E-state index in [0.717, 1.165) is 0 Å². The molecule has 3 aliphatic heterocycles. The Balaban J connectivity index is 1.76. The van der Waals surface area contributed by atoms with Gasteiger partial charge in [-0.25, -0.2) is 0 Å². The molecular weight excluding hydrogens is 177 g/mol. The molecule has 3 heterocycles. The molecule has 0 aromatic heterocycles. The summed E-state index contributed by atoms with van der Waals surface area (Å²) in [7, 11) is 0. The lowest BCUT2D eigenvalue weighted by molar-refractivity contribution is -0.160. The summed E-state index contributed by atoms with van der Waals surface area (Å²) < 4.78 is 21.1. The van der Waals surface area contributed by atoms with Gasteiger partial charge in [0, 0.05) is 6.92 Å². The van der Waals surface area contributed by atoms with Gasteiger partial charge in [0.1, 0.15) is 18.3 Å². The number of esters is 1. The van der Waals surface area contributed by atoms with Crippen LogP contribution >= 0.6 is 0 Å². The van der Waals surface area contributed by atoms with Crippen molar-refractivity contribution in [3.8, 4) is 0 Å². The average Bonchev–Trinajstić information content (AvgIpc) is 2.74. The quantitative estimate of drug-likeness (QED) is 0.313. The van der Waals surface area contributed by atoms with Crippen LogP contribution in [0.4, 0.5) is 0 Å². The molecule has 5 nitrogen and oxygen atoms in total. The van der Waals surface area contributed by atoms with Gasteiger partial charge in [0.15, 0.2) is 12.4 Å². The Kier molecular flexibility index (Phi) is 1.45. The molecular formula is C8H10O5. The first-order valence-corrected chi connectivity index (χ1v) is 4.35. The Hall–Kier alpha value is -0.650. The maximum atomic E-state index is 10.8. The van der Waals surface area contributed by atoms with E-state index in [9.17, 15) is 4.79 Å². The molecule has 5 heteroatoms. The Morgan fingerprint density at radius 3 is 3.00 bits per heavy atom. The van der Waals surface area contributed by atoms with Crippen LogP contribution in [0.15, 0.2) is 0 Å². The van der Waals surface area contributed by atoms with Crippen molar-refractivity contribution in [1.82, 2.24) is 0 Å². The molecule has 3 aliphatic rings. The highest BCUT2D eigenvalue weighted by Crippen LogP contribution is 2.42. The number of fused-ring (bicyclic) bond motifs is 4. The second kappa shape index (κ2) is 2.43. The summed E-state index contributed by atoms with van der Waals surface area (Å²) in [4.78, 5) is 10.8. The molecule has 0 amide bonds. The van der Waals surface area contributed by atoms with Crippen LogP contribution in [-0.4, -0.2) is 43.3 Å². The molecule has 72 valence electrons. The molecule has 0 aliphatic carbocycles. The number of ether oxygens (including phenoxy) is 4. The molecule has 3 saturated heterocycles. The maximum absolute atomic E-state index is 10.8. The summed E-state index contributed by atoms with van der Waals surface area (Å²) >= 11 is 0. The Bertz CT molecular complexity index is 253. The fourth-order valence-corrected chi connectivity index (χ4v) is 1.95. The molecule has 0 aromatic carbocycles. The van der Waals surface area contributed by atoms with E-state index in [2.05, 4.69) is 0 Å². The zero-order valence-electron chi connectivity index (χ0n) is 7.14. The van der Waals surface area contributed by atoms with Crippen molar-refractivity contribution >= 4 is 5.97 Å². The van der Waals surface area contributed by atoms with Crippen LogP contribution in [0.5, 0.6) is 0 Å². The minimum Gasteiger partial charge on any atom is -0.457 e. The average molecular weight is 187 g/mol. The molecule has 0 N–H and O–H groups in total. The predicted molar refractivity (Wildman–Crippen MR) is 38.8 cm³/mol. The summed E-state index contributed by atoms with van der Waals surface area (Å²) in [5.74, 6) is -0.298. The fourth-order valence-electron chi connectivity index (χ4n) is 1.95. The van der Waals surface area contributed by atoms with E-state index in [1.807, 2.05) is 0 Å². The van der Waals surface area contributed by atoms with Gasteiger partial charge >= 0.3 is 5.97 Å². The van der Waals surface area contributed by atoms with Crippen molar-refractivity contribution in [2.75, 3.05) is 6.61 Å². The molecule has 0 unspecified atom stereocenters. The van der Waals surface area contributed by atoms with Crippen LogP contribution in [0.2, 0.25) is 0 Å². The maximum Gasteiger partial charge on any atom is 0.303 e. The fraction of sp³-hybridized carbons (Fsp3) is 0.875. The second-order valence-corrected chi connectivity index (χ2v) is 3.52. The summed E-state index contributed by atoms with van der Waals surface area (Å²) in [6, 6.07) is 0. The highest BCUT2D eigenvalue weighted by atomic mass is 16.9. The third-order valence-electron chi connectivity index (χ3n) is 2.56. The van der Waals surface area contributed by atoms with Crippen molar-refractivity contribution in [3.63, 3.8) is 0 Å². The first-order chi connectivity index (χ1) is 6.25. The number of epoxide rings is 1. The Morgan fingerprint density at radius 1 is 1.38 bits per heavy atom. The normalized spacial score (nSPS) is 51.3. The Labute approximate surface area is 74.9 Å². The molecule has 13 heavy (non-hydrogen) atoms. The van der Waals surface area contributed by atoms with Crippen LogP contribution in [-0.2, 0) is 23.7 Å². The number of carbonyl (C=O) groups excluding carboxylic acids is 1. The first-order valence-electron chi connectivity index (χ1n) is 4.35. The second-order valence-electron chi connectivity index (χ2n) is 3.52. The summed E-state index contributed by atoms with van der Waals surface area (Å²) in [5, 5.41) is 0. The van der Waals surface area contributed by atoms with Gasteiger partial charge in [0.05, 0.1) is 6.61 Å². The van der Waals surface area contributed by atoms with Crippen LogP contribution in [0.3, 0.4) is 0 Å². The minimum atomic E-state index is -0.298. The van der Waals surface area contributed by atoms with Crippen molar-refractivity contribution in [3.05, 3.63) is 0 Å². The topological polar surface area (TPSA) is 57.3 Å². The van der Waals surface area contributed by atoms with E-state index < -0.39 is 0 Å². The van der Waals surface area contributed by atoms with Gasteiger partial charge in [0.2, 0.25) is 0 Å². The smallest absolute Gasteiger partial charge is 0.303 e. The summed E-state index contributed by atoms with van der Waals surface area (Å²) in [6.45, 7) is 1.89. The third kappa shape index (κ3) is 1.08. The van der Waals surface area contributed by atoms with E-state index in [-0.39, 0.29) is 36.7 Å². The highest BCUT2D eigenvalue weighted by Gasteiger charge is 2.63. The number of hydrogen-bond acceptors (Lipinski definition) is 5. The van der Waals surface area contributed by atoms with E-state index in [1.165, 1.54) is 6.92 Å². The molecule has 0 saturated carbocycles. The van der Waals surface area contributed by atoms with Crippen LogP contribution < -0.4 is 0 Å². The van der Waals surface area contributed by atoms with Crippen molar-refractivity contribution in [1.29, 1.82) is 0 Å². The molecule has 3 fully saturated rings. The lowest BCUT2D eigenvalue weighted by Gasteiger charge is -2.23. The largest absolute Gasteiger partial charge is 0.457 e. The van der Waals surface area contributed by atoms with Gasteiger partial charge < -0.3 is 18.9 Å². The minimum absolute atomic E-state index is 0.00449. The van der Waals surface area contributed by atoms with Gasteiger partial charge in [-0.1, -0.05) is 0 Å². The monoisotopic (exact) mass is 187 g/mol. The van der Waals surface area contributed by atoms with Gasteiger partial charge in [-0.3, -0.25) is 4.79 Å². The van der Waals surface area contributed by atoms with Crippen LogP contribution in [0.25, 0.3) is 0 Å². The Morgan fingerprint density at radius 2 is 2.23 bits per heavy atom. The summed E-state index contributed by atoms with van der Waals surface area (Å²) in [5.41, 5.74) is 0. The SMILES string of the molecule is CC(=O)O[C@H]1[C@@H]2O[C@@H]2[13C@@H]2OC[C@H]1O2. The standard InChI is InChI=1S/C8H10O5/c1-3(9)11-5-4-2-10-8(12-4)7-6(5)13-7/h4-8H,2H2,1H3/t4-,5-,6+,7+,8-/m1/s1/i8+1. The predicted octanol–water partition coefficient (Wildman–Crippen LogP) is -0.559. The lowest BCUT2D eigenvalue weighted by Crippen LogP contribution is -2.42. The molecule has 0 aromatic rings. The van der Waals surface area contributed by atoms with Crippen molar-refractivity contribution in [2.45, 2.75) is 37.6 Å². The zero-order chi connectivity index (χ0) is 9.00.